The summed E-state index contributed by atoms with van der Waals surface area (Å²) >= 11 is 0. The number of aliphatic hydroxyl groups excluding tert-OH is 1. The van der Waals surface area contributed by atoms with E-state index < -0.39 is 12.1 Å². The fourth-order valence-corrected chi connectivity index (χ4v) is 5.29. The fourth-order valence-electron chi connectivity index (χ4n) is 5.29. The third kappa shape index (κ3) is 38.0. The fraction of sp³-hybridized carbons (Fsp3) is 0.682. The lowest BCUT2D eigenvalue weighted by Gasteiger charge is -2.15. The second-order valence-corrected chi connectivity index (χ2v) is 13.0. The van der Waals surface area contributed by atoms with E-state index >= 15 is 0 Å². The van der Waals surface area contributed by atoms with Gasteiger partial charge < -0.3 is 14.6 Å². The van der Waals surface area contributed by atoms with E-state index in [1.165, 1.54) is 83.5 Å². The molecule has 0 amide bonds. The minimum absolute atomic E-state index is 0.0974. The first-order chi connectivity index (χ1) is 24.1. The van der Waals surface area contributed by atoms with Crippen LogP contribution < -0.4 is 0 Å². The van der Waals surface area contributed by atoms with Crippen LogP contribution in [0.1, 0.15) is 174 Å². The highest BCUT2D eigenvalue weighted by atomic mass is 16.6. The molecule has 0 spiro atoms. The maximum absolute atomic E-state index is 12.1. The summed E-state index contributed by atoms with van der Waals surface area (Å²) in [7, 11) is 0. The van der Waals surface area contributed by atoms with Gasteiger partial charge in [-0.3, -0.25) is 9.59 Å². The highest BCUT2D eigenvalue weighted by Gasteiger charge is 2.15. The lowest BCUT2D eigenvalue weighted by molar-refractivity contribution is -0.161. The molecule has 0 fully saturated rings. The highest BCUT2D eigenvalue weighted by Crippen LogP contribution is 2.14. The molecule has 280 valence electrons. The zero-order chi connectivity index (χ0) is 35.7. The van der Waals surface area contributed by atoms with Gasteiger partial charge in [-0.15, -0.1) is 0 Å². The van der Waals surface area contributed by atoms with Crippen LogP contribution in [0.3, 0.4) is 0 Å². The molecule has 5 nitrogen and oxygen atoms in total. The second kappa shape index (κ2) is 39.8. The van der Waals surface area contributed by atoms with Gasteiger partial charge in [0.15, 0.2) is 6.10 Å². The predicted molar refractivity (Wildman–Crippen MR) is 210 cm³/mol. The van der Waals surface area contributed by atoms with Gasteiger partial charge in [-0.1, -0.05) is 183 Å². The Morgan fingerprint density at radius 1 is 0.490 bits per heavy atom. The van der Waals surface area contributed by atoms with Gasteiger partial charge in [0.25, 0.3) is 0 Å². The molecule has 1 atom stereocenters. The third-order valence-electron chi connectivity index (χ3n) is 8.28. The Labute approximate surface area is 302 Å². The van der Waals surface area contributed by atoms with Crippen LogP contribution in [-0.2, 0) is 19.1 Å². The monoisotopic (exact) mass is 683 g/mol. The van der Waals surface area contributed by atoms with Crippen molar-refractivity contribution in [3.05, 3.63) is 72.9 Å². The Balaban J connectivity index is 3.69. The number of allylic oxidation sites excluding steroid dienone is 12. The number of hydrogen-bond donors (Lipinski definition) is 1. The number of carbonyl (C=O) groups is 2. The molecule has 0 aliphatic rings. The number of esters is 2. The number of ether oxygens (including phenoxy) is 2. The molecule has 5 heteroatoms. The molecule has 0 saturated heterocycles. The summed E-state index contributed by atoms with van der Waals surface area (Å²) in [5.74, 6) is -0.690. The summed E-state index contributed by atoms with van der Waals surface area (Å²) in [6.07, 6.45) is 52.6. The topological polar surface area (TPSA) is 72.8 Å². The van der Waals surface area contributed by atoms with E-state index in [-0.39, 0.29) is 25.6 Å². The molecular formula is C44H74O5. The number of carbonyl (C=O) groups excluding carboxylic acids is 2. The zero-order valence-electron chi connectivity index (χ0n) is 31.7. The lowest BCUT2D eigenvalue weighted by atomic mass is 10.0. The van der Waals surface area contributed by atoms with Gasteiger partial charge in [-0.25, -0.2) is 0 Å². The Hall–Kier alpha value is -2.66. The summed E-state index contributed by atoms with van der Waals surface area (Å²) in [6.45, 7) is 3.96. The third-order valence-corrected chi connectivity index (χ3v) is 8.28. The van der Waals surface area contributed by atoms with Crippen LogP contribution in [-0.4, -0.2) is 36.4 Å². The van der Waals surface area contributed by atoms with Crippen molar-refractivity contribution in [2.24, 2.45) is 0 Å². The average molecular weight is 683 g/mol. The summed E-state index contributed by atoms with van der Waals surface area (Å²) in [5.41, 5.74) is 0. The molecule has 0 bridgehead atoms. The van der Waals surface area contributed by atoms with E-state index in [4.69, 9.17) is 9.47 Å². The Morgan fingerprint density at radius 2 is 0.878 bits per heavy atom. The molecule has 0 heterocycles. The van der Waals surface area contributed by atoms with Crippen LogP contribution in [0.5, 0.6) is 0 Å². The summed E-state index contributed by atoms with van der Waals surface area (Å²) < 4.78 is 10.5. The van der Waals surface area contributed by atoms with Crippen molar-refractivity contribution in [2.75, 3.05) is 13.2 Å². The smallest absolute Gasteiger partial charge is 0.306 e. The number of hydrogen-bond acceptors (Lipinski definition) is 5. The van der Waals surface area contributed by atoms with Crippen LogP contribution in [0.25, 0.3) is 0 Å². The Morgan fingerprint density at radius 3 is 1.29 bits per heavy atom. The highest BCUT2D eigenvalue weighted by molar-refractivity contribution is 5.70. The maximum Gasteiger partial charge on any atom is 0.306 e. The van der Waals surface area contributed by atoms with Crippen molar-refractivity contribution < 1.29 is 24.2 Å². The van der Waals surface area contributed by atoms with E-state index in [9.17, 15) is 14.7 Å². The number of aliphatic hydroxyl groups is 1. The van der Waals surface area contributed by atoms with Crippen LogP contribution >= 0.6 is 0 Å². The largest absolute Gasteiger partial charge is 0.462 e. The van der Waals surface area contributed by atoms with Gasteiger partial charge in [0.2, 0.25) is 0 Å². The van der Waals surface area contributed by atoms with Crippen molar-refractivity contribution >= 4 is 11.9 Å². The summed E-state index contributed by atoms with van der Waals surface area (Å²) in [4.78, 5) is 24.2. The van der Waals surface area contributed by atoms with Crippen molar-refractivity contribution in [3.63, 3.8) is 0 Å². The van der Waals surface area contributed by atoms with Crippen LogP contribution in [0.4, 0.5) is 0 Å². The maximum atomic E-state index is 12.1. The summed E-state index contributed by atoms with van der Waals surface area (Å²) in [6, 6.07) is 0. The van der Waals surface area contributed by atoms with Crippen LogP contribution in [0.15, 0.2) is 72.9 Å². The van der Waals surface area contributed by atoms with E-state index in [2.05, 4.69) is 74.6 Å². The second-order valence-electron chi connectivity index (χ2n) is 13.0. The number of unbranched alkanes of at least 4 members (excludes halogenated alkanes) is 15. The quantitative estimate of drug-likeness (QED) is 0.0409. The first-order valence-electron chi connectivity index (χ1n) is 20.0. The molecule has 0 aromatic carbocycles. The molecule has 0 aliphatic heterocycles. The van der Waals surface area contributed by atoms with Gasteiger partial charge in [-0.2, -0.15) is 0 Å². The first-order valence-corrected chi connectivity index (χ1v) is 20.0. The molecule has 0 saturated carbocycles. The van der Waals surface area contributed by atoms with Crippen molar-refractivity contribution in [2.45, 2.75) is 180 Å². The molecule has 0 radical (unpaired) electrons. The van der Waals surface area contributed by atoms with E-state index in [1.54, 1.807) is 0 Å². The van der Waals surface area contributed by atoms with Gasteiger partial charge in [0.05, 0.1) is 6.61 Å². The number of rotatable bonds is 35. The lowest BCUT2D eigenvalue weighted by Crippen LogP contribution is -2.28. The molecule has 0 rings (SSSR count). The van der Waals surface area contributed by atoms with Crippen LogP contribution in [0, 0.1) is 0 Å². The van der Waals surface area contributed by atoms with Gasteiger partial charge in [0.1, 0.15) is 6.61 Å². The Bertz CT molecular complexity index is 910. The van der Waals surface area contributed by atoms with Crippen molar-refractivity contribution in [3.8, 4) is 0 Å². The van der Waals surface area contributed by atoms with Gasteiger partial charge in [-0.05, 0) is 51.4 Å². The van der Waals surface area contributed by atoms with E-state index in [0.717, 1.165) is 57.8 Å². The van der Waals surface area contributed by atoms with Crippen molar-refractivity contribution in [1.29, 1.82) is 0 Å². The zero-order valence-corrected chi connectivity index (χ0v) is 31.7. The molecule has 49 heavy (non-hydrogen) atoms. The van der Waals surface area contributed by atoms with Gasteiger partial charge >= 0.3 is 11.9 Å². The van der Waals surface area contributed by atoms with Gasteiger partial charge in [0, 0.05) is 12.8 Å². The minimum Gasteiger partial charge on any atom is -0.462 e. The Kier molecular flexibility index (Phi) is 37.6. The standard InChI is InChI=1S/C44H74O5/c1-3-5-7-9-11-13-15-17-19-21-22-23-25-27-29-31-33-35-37-39-44(47)49-42(40-45)41-48-43(46)38-36-34-32-30-28-26-24-20-18-16-14-12-10-8-6-4-2/h5,7,11,13,17,19,22-23,27,29,33,35,42,45H,3-4,6,8-10,12,14-16,18,20-21,24-26,28,30-32,34,36-41H2,1-2H3/b7-5+,13-11+,19-17+,23-22+,29-27+,35-33+/t42-/m0/s1. The molecule has 1 N–H and O–H groups in total. The van der Waals surface area contributed by atoms with Crippen molar-refractivity contribution in [1.82, 2.24) is 0 Å². The molecular weight excluding hydrogens is 608 g/mol. The average Bonchev–Trinajstić information content (AvgIpc) is 3.10. The summed E-state index contributed by atoms with van der Waals surface area (Å²) in [5, 5.41) is 9.54. The van der Waals surface area contributed by atoms with E-state index in [1.807, 2.05) is 12.2 Å². The molecule has 0 unspecified atom stereocenters. The molecule has 0 aromatic heterocycles. The predicted octanol–water partition coefficient (Wildman–Crippen LogP) is 12.6. The molecule has 0 aliphatic carbocycles. The normalized spacial score (nSPS) is 13.0. The first kappa shape index (κ1) is 46.3. The minimum atomic E-state index is -0.812. The van der Waals surface area contributed by atoms with Crippen LogP contribution in [0.2, 0.25) is 0 Å². The van der Waals surface area contributed by atoms with E-state index in [0.29, 0.717) is 12.8 Å². The SMILES string of the molecule is CC/C=C/C/C=C/C/C=C/C/C=C/C/C=C/C/C=C/CCC(=O)O[C@@H](CO)COC(=O)CCCCCCCCCCCCCCCCCC. The molecule has 0 aromatic rings.